The first-order chi connectivity index (χ1) is 12.7. The van der Waals surface area contributed by atoms with E-state index in [0.29, 0.717) is 30.6 Å². The molecule has 1 heterocycles. The van der Waals surface area contributed by atoms with E-state index >= 15 is 0 Å². The molecule has 6 nitrogen and oxygen atoms in total. The quantitative estimate of drug-likeness (QED) is 0.635. The van der Waals surface area contributed by atoms with Crippen LogP contribution in [0.5, 0.6) is 5.75 Å². The normalized spacial score (nSPS) is 11.0. The number of nitrogens with two attached hydrogens (primary N) is 1. The maximum atomic E-state index is 12.9. The van der Waals surface area contributed by atoms with Crippen LogP contribution in [0.4, 0.5) is 4.39 Å². The summed E-state index contributed by atoms with van der Waals surface area (Å²) in [5, 5.41) is 3.93. The minimum Gasteiger partial charge on any atom is -0.485 e. The second-order valence-corrected chi connectivity index (χ2v) is 5.83. The Labute approximate surface area is 151 Å². The van der Waals surface area contributed by atoms with E-state index in [1.54, 1.807) is 12.1 Å². The molecule has 0 fully saturated rings. The number of rotatable bonds is 9. The molecule has 0 unspecified atom stereocenters. The summed E-state index contributed by atoms with van der Waals surface area (Å²) >= 11 is 0. The molecule has 0 saturated carbocycles. The summed E-state index contributed by atoms with van der Waals surface area (Å²) < 4.78 is 23.7. The van der Waals surface area contributed by atoms with Crippen molar-refractivity contribution in [2.45, 2.75) is 19.7 Å². The number of hydrogen-bond acceptors (Lipinski definition) is 6. The zero-order valence-corrected chi connectivity index (χ0v) is 14.3. The maximum absolute atomic E-state index is 12.9. The number of nitrogens with zero attached hydrogens (tertiary/aromatic N) is 3. The molecule has 0 radical (unpaired) electrons. The van der Waals surface area contributed by atoms with Crippen molar-refractivity contribution in [2.75, 3.05) is 13.1 Å². The second-order valence-electron chi connectivity index (χ2n) is 5.83. The smallest absolute Gasteiger partial charge is 0.240 e. The van der Waals surface area contributed by atoms with Crippen LogP contribution in [0.3, 0.4) is 0 Å². The van der Waals surface area contributed by atoms with Gasteiger partial charge in [-0.05, 0) is 29.8 Å². The van der Waals surface area contributed by atoms with E-state index in [2.05, 4.69) is 27.2 Å². The molecule has 0 saturated heterocycles. The molecule has 0 atom stereocenters. The lowest BCUT2D eigenvalue weighted by molar-refractivity contribution is 0.223. The molecule has 3 aromatic rings. The lowest BCUT2D eigenvalue weighted by Crippen LogP contribution is -2.28. The van der Waals surface area contributed by atoms with Gasteiger partial charge in [0.2, 0.25) is 11.7 Å². The van der Waals surface area contributed by atoms with Gasteiger partial charge in [-0.2, -0.15) is 4.98 Å². The minimum atomic E-state index is -0.308. The predicted molar refractivity (Wildman–Crippen MR) is 94.6 cm³/mol. The predicted octanol–water partition coefficient (Wildman–Crippen LogP) is 2.75. The first kappa shape index (κ1) is 18.0. The zero-order chi connectivity index (χ0) is 18.2. The van der Waals surface area contributed by atoms with E-state index in [1.807, 2.05) is 18.2 Å². The van der Waals surface area contributed by atoms with Gasteiger partial charge in [0.1, 0.15) is 11.6 Å². The van der Waals surface area contributed by atoms with Gasteiger partial charge in [-0.1, -0.05) is 35.5 Å². The number of aromatic nitrogens is 2. The minimum absolute atomic E-state index is 0.157. The number of halogens is 1. The molecule has 136 valence electrons. The van der Waals surface area contributed by atoms with Crippen LogP contribution >= 0.6 is 0 Å². The van der Waals surface area contributed by atoms with Crippen molar-refractivity contribution in [1.29, 1.82) is 0 Å². The third-order valence-corrected chi connectivity index (χ3v) is 3.74. The van der Waals surface area contributed by atoms with Gasteiger partial charge in [-0.25, -0.2) is 4.39 Å². The number of benzene rings is 2. The van der Waals surface area contributed by atoms with E-state index in [4.69, 9.17) is 15.0 Å². The summed E-state index contributed by atoms with van der Waals surface area (Å²) in [6.07, 6.45) is 0. The van der Waals surface area contributed by atoms with Gasteiger partial charge in [0.25, 0.3) is 0 Å². The van der Waals surface area contributed by atoms with Crippen LogP contribution in [-0.2, 0) is 19.7 Å². The van der Waals surface area contributed by atoms with E-state index in [1.165, 1.54) is 17.7 Å². The fourth-order valence-corrected chi connectivity index (χ4v) is 2.52. The highest BCUT2D eigenvalue weighted by Gasteiger charge is 2.13. The Balaban J connectivity index is 1.56. The SMILES string of the molecule is NCCN(Cc1ccccc1)Cc1nc(COc2ccc(F)cc2)no1. The van der Waals surface area contributed by atoms with Crippen molar-refractivity contribution >= 4 is 0 Å². The molecule has 0 aliphatic rings. The van der Waals surface area contributed by atoms with Crippen LogP contribution in [-0.4, -0.2) is 28.1 Å². The highest BCUT2D eigenvalue weighted by molar-refractivity contribution is 5.22. The van der Waals surface area contributed by atoms with Crippen molar-refractivity contribution < 1.29 is 13.7 Å². The molecular formula is C19H21FN4O2. The molecule has 0 aliphatic carbocycles. The third-order valence-electron chi connectivity index (χ3n) is 3.74. The highest BCUT2D eigenvalue weighted by atomic mass is 19.1. The molecule has 3 rings (SSSR count). The lowest BCUT2D eigenvalue weighted by Gasteiger charge is -2.19. The fraction of sp³-hybridized carbons (Fsp3) is 0.263. The number of ether oxygens (including phenoxy) is 1. The van der Waals surface area contributed by atoms with Crippen LogP contribution < -0.4 is 10.5 Å². The van der Waals surface area contributed by atoms with Crippen molar-refractivity contribution in [3.63, 3.8) is 0 Å². The van der Waals surface area contributed by atoms with Crippen molar-refractivity contribution in [1.82, 2.24) is 15.0 Å². The monoisotopic (exact) mass is 356 g/mol. The molecular weight excluding hydrogens is 335 g/mol. The molecule has 26 heavy (non-hydrogen) atoms. The summed E-state index contributed by atoms with van der Waals surface area (Å²) in [5.74, 6) is 1.19. The van der Waals surface area contributed by atoms with Crippen LogP contribution in [0.25, 0.3) is 0 Å². The zero-order valence-electron chi connectivity index (χ0n) is 14.3. The van der Waals surface area contributed by atoms with Gasteiger partial charge < -0.3 is 15.0 Å². The first-order valence-corrected chi connectivity index (χ1v) is 8.39. The average Bonchev–Trinajstić information content (AvgIpc) is 3.10. The van der Waals surface area contributed by atoms with Crippen molar-refractivity contribution in [3.05, 3.63) is 77.7 Å². The molecule has 0 bridgehead atoms. The van der Waals surface area contributed by atoms with E-state index in [-0.39, 0.29) is 12.4 Å². The largest absolute Gasteiger partial charge is 0.485 e. The Morgan fingerprint density at radius 3 is 2.54 bits per heavy atom. The van der Waals surface area contributed by atoms with Crippen LogP contribution in [0, 0.1) is 5.82 Å². The summed E-state index contributed by atoms with van der Waals surface area (Å²) in [6, 6.07) is 15.9. The molecule has 0 aliphatic heterocycles. The Morgan fingerprint density at radius 1 is 1.04 bits per heavy atom. The molecule has 1 aromatic heterocycles. The van der Waals surface area contributed by atoms with Crippen molar-refractivity contribution in [2.24, 2.45) is 5.73 Å². The average molecular weight is 356 g/mol. The summed E-state index contributed by atoms with van der Waals surface area (Å²) in [7, 11) is 0. The van der Waals surface area contributed by atoms with Crippen LogP contribution in [0.1, 0.15) is 17.3 Å². The second kappa shape index (κ2) is 9.07. The standard InChI is InChI=1S/C19H21FN4O2/c20-16-6-8-17(9-7-16)25-14-18-22-19(26-23-18)13-24(11-10-21)12-15-4-2-1-3-5-15/h1-9H,10-14,21H2. The molecule has 2 N–H and O–H groups in total. The first-order valence-electron chi connectivity index (χ1n) is 8.39. The van der Waals surface area contributed by atoms with Gasteiger partial charge in [-0.15, -0.1) is 0 Å². The summed E-state index contributed by atoms with van der Waals surface area (Å²) in [6.45, 7) is 2.68. The summed E-state index contributed by atoms with van der Waals surface area (Å²) in [4.78, 5) is 6.49. The van der Waals surface area contributed by atoms with E-state index < -0.39 is 0 Å². The Kier molecular flexibility index (Phi) is 6.29. The molecule has 0 spiro atoms. The number of hydrogen-bond donors (Lipinski definition) is 1. The van der Waals surface area contributed by atoms with Gasteiger partial charge in [0.05, 0.1) is 6.54 Å². The van der Waals surface area contributed by atoms with Crippen molar-refractivity contribution in [3.8, 4) is 5.75 Å². The van der Waals surface area contributed by atoms with Crippen LogP contribution in [0.15, 0.2) is 59.1 Å². The topological polar surface area (TPSA) is 77.4 Å². The fourth-order valence-electron chi connectivity index (χ4n) is 2.52. The Bertz CT molecular complexity index is 793. The molecule has 7 heteroatoms. The van der Waals surface area contributed by atoms with Gasteiger partial charge in [0.15, 0.2) is 6.61 Å². The Hall–Kier alpha value is -2.77. The Morgan fingerprint density at radius 2 is 1.81 bits per heavy atom. The highest BCUT2D eigenvalue weighted by Crippen LogP contribution is 2.13. The van der Waals surface area contributed by atoms with E-state index in [0.717, 1.165) is 13.1 Å². The third kappa shape index (κ3) is 5.37. The van der Waals surface area contributed by atoms with E-state index in [9.17, 15) is 4.39 Å². The maximum Gasteiger partial charge on any atom is 0.240 e. The van der Waals surface area contributed by atoms with Crippen LogP contribution in [0.2, 0.25) is 0 Å². The van der Waals surface area contributed by atoms with Gasteiger partial charge in [0, 0.05) is 19.6 Å². The summed E-state index contributed by atoms with van der Waals surface area (Å²) in [5.41, 5.74) is 6.90. The molecule has 0 amide bonds. The van der Waals surface area contributed by atoms with Gasteiger partial charge in [-0.3, -0.25) is 4.90 Å². The molecule has 2 aromatic carbocycles. The van der Waals surface area contributed by atoms with Gasteiger partial charge >= 0.3 is 0 Å². The lowest BCUT2D eigenvalue weighted by atomic mass is 10.2.